The Kier molecular flexibility index (Phi) is 6.66. The summed E-state index contributed by atoms with van der Waals surface area (Å²) in [5.41, 5.74) is 1.46. The normalized spacial score (nSPS) is 12.2. The molecule has 146 valence electrons. The molecule has 2 heterocycles. The number of halogens is 1. The van der Waals surface area contributed by atoms with E-state index < -0.39 is 0 Å². The van der Waals surface area contributed by atoms with E-state index in [1.54, 1.807) is 18.3 Å². The summed E-state index contributed by atoms with van der Waals surface area (Å²) in [5.74, 6) is 0.846. The number of quaternary nitrogens is 1. The topological polar surface area (TPSA) is 77.1 Å². The quantitative estimate of drug-likeness (QED) is 0.455. The monoisotopic (exact) mass is 417 g/mol. The number of anilines is 1. The van der Waals surface area contributed by atoms with Crippen LogP contribution in [0.3, 0.4) is 0 Å². The number of hydrogen-bond donors (Lipinski definition) is 2. The fourth-order valence-electron chi connectivity index (χ4n) is 2.53. The molecule has 0 fully saturated rings. The van der Waals surface area contributed by atoms with Gasteiger partial charge in [-0.15, -0.1) is 10.2 Å². The maximum Gasteiger partial charge on any atom is 0.234 e. The average molecular weight is 418 g/mol. The lowest BCUT2D eigenvalue weighted by Crippen LogP contribution is -3.05. The molecule has 0 aliphatic carbocycles. The Balaban J connectivity index is 1.80. The third-order valence-corrected chi connectivity index (χ3v) is 5.52. The fourth-order valence-corrected chi connectivity index (χ4v) is 3.45. The Morgan fingerprint density at radius 2 is 1.96 bits per heavy atom. The molecule has 0 saturated carbocycles. The Labute approximate surface area is 173 Å². The zero-order valence-electron chi connectivity index (χ0n) is 15.9. The number of benzene rings is 1. The van der Waals surface area contributed by atoms with Gasteiger partial charge in [0, 0.05) is 11.9 Å². The highest BCUT2D eigenvalue weighted by Gasteiger charge is 2.23. The highest BCUT2D eigenvalue weighted by Crippen LogP contribution is 2.25. The molecule has 1 aromatic carbocycles. The minimum Gasteiger partial charge on any atom is -0.331 e. The van der Waals surface area contributed by atoms with Crippen LogP contribution >= 0.6 is 23.4 Å². The minimum atomic E-state index is -0.185. The second-order valence-corrected chi connectivity index (χ2v) is 7.79. The van der Waals surface area contributed by atoms with Gasteiger partial charge in [-0.25, -0.2) is 4.98 Å². The maximum atomic E-state index is 12.4. The molecule has 28 heavy (non-hydrogen) atoms. The number of carbonyl (C=O) groups is 1. The lowest BCUT2D eigenvalue weighted by Gasteiger charge is -2.18. The molecule has 0 saturated heterocycles. The largest absolute Gasteiger partial charge is 0.331 e. The molecule has 1 atom stereocenters. The molecule has 0 aliphatic rings. The van der Waals surface area contributed by atoms with Gasteiger partial charge in [-0.2, -0.15) is 0 Å². The van der Waals surface area contributed by atoms with Gasteiger partial charge in [-0.05, 0) is 31.2 Å². The van der Waals surface area contributed by atoms with Gasteiger partial charge in [0.2, 0.25) is 5.91 Å². The van der Waals surface area contributed by atoms with Crippen molar-refractivity contribution in [3.05, 3.63) is 59.6 Å². The number of amides is 1. The van der Waals surface area contributed by atoms with Crippen LogP contribution in [0.5, 0.6) is 0 Å². The van der Waals surface area contributed by atoms with Crippen molar-refractivity contribution in [2.24, 2.45) is 0 Å². The van der Waals surface area contributed by atoms with Crippen molar-refractivity contribution in [3.63, 3.8) is 0 Å². The number of nitrogens with one attached hydrogen (secondary N) is 2. The summed E-state index contributed by atoms with van der Waals surface area (Å²) < 4.78 is 2.01. The lowest BCUT2D eigenvalue weighted by atomic mass is 10.2. The Morgan fingerprint density at radius 1 is 1.21 bits per heavy atom. The van der Waals surface area contributed by atoms with Gasteiger partial charge in [0.05, 0.1) is 25.5 Å². The van der Waals surface area contributed by atoms with Crippen molar-refractivity contribution < 1.29 is 9.69 Å². The fraction of sp³-hybridized carbons (Fsp3) is 0.263. The molecule has 0 spiro atoms. The number of rotatable bonds is 7. The molecule has 3 aromatic rings. The molecule has 7 nitrogen and oxygen atoms in total. The molecular weight excluding hydrogens is 396 g/mol. The maximum absolute atomic E-state index is 12.4. The molecular formula is C19H22ClN6OS+. The van der Waals surface area contributed by atoms with Gasteiger partial charge < -0.3 is 10.2 Å². The second kappa shape index (κ2) is 9.18. The summed E-state index contributed by atoms with van der Waals surface area (Å²) in [7, 11) is 4.15. The average Bonchev–Trinajstić information content (AvgIpc) is 3.12. The Hall–Kier alpha value is -2.42. The second-order valence-electron chi connectivity index (χ2n) is 6.49. The number of pyridine rings is 1. The summed E-state index contributed by atoms with van der Waals surface area (Å²) in [4.78, 5) is 17.6. The predicted molar refractivity (Wildman–Crippen MR) is 111 cm³/mol. The molecule has 0 radical (unpaired) electrons. The van der Waals surface area contributed by atoms with Crippen LogP contribution in [0.1, 0.15) is 18.8 Å². The van der Waals surface area contributed by atoms with Crippen LogP contribution in [-0.2, 0) is 4.79 Å². The Morgan fingerprint density at radius 3 is 2.64 bits per heavy atom. The zero-order chi connectivity index (χ0) is 20.1. The van der Waals surface area contributed by atoms with Crippen LogP contribution < -0.4 is 10.2 Å². The molecule has 2 N–H and O–H groups in total. The van der Waals surface area contributed by atoms with Gasteiger partial charge >= 0.3 is 0 Å². The molecule has 0 bridgehead atoms. The van der Waals surface area contributed by atoms with Crippen LogP contribution in [0.4, 0.5) is 5.69 Å². The van der Waals surface area contributed by atoms with E-state index >= 15 is 0 Å². The van der Waals surface area contributed by atoms with E-state index in [9.17, 15) is 4.79 Å². The first-order chi connectivity index (χ1) is 13.5. The molecule has 0 unspecified atom stereocenters. The van der Waals surface area contributed by atoms with Crippen LogP contribution in [0.15, 0.2) is 53.8 Å². The first-order valence-corrected chi connectivity index (χ1v) is 10.2. The SMILES string of the molecule is C[C@@H](c1nnc(SCC(=O)Nc2cccnc2Cl)n1-c1ccccc1)[NH+](C)C. The predicted octanol–water partition coefficient (Wildman–Crippen LogP) is 2.25. The number of thioether (sulfide) groups is 1. The summed E-state index contributed by atoms with van der Waals surface area (Å²) >= 11 is 7.33. The van der Waals surface area contributed by atoms with Gasteiger partial charge in [0.1, 0.15) is 6.04 Å². The van der Waals surface area contributed by atoms with E-state index in [1.807, 2.05) is 34.9 Å². The number of nitrogens with zero attached hydrogens (tertiary/aromatic N) is 4. The number of para-hydroxylation sites is 1. The van der Waals surface area contributed by atoms with E-state index in [2.05, 4.69) is 41.5 Å². The van der Waals surface area contributed by atoms with Crippen molar-refractivity contribution in [1.29, 1.82) is 0 Å². The van der Waals surface area contributed by atoms with E-state index in [0.29, 0.717) is 10.8 Å². The zero-order valence-corrected chi connectivity index (χ0v) is 17.5. The van der Waals surface area contributed by atoms with Gasteiger partial charge in [0.25, 0.3) is 0 Å². The molecule has 2 aromatic heterocycles. The number of hydrogen-bond acceptors (Lipinski definition) is 5. The van der Waals surface area contributed by atoms with Crippen LogP contribution in [0.25, 0.3) is 5.69 Å². The third kappa shape index (κ3) is 4.70. The first-order valence-electron chi connectivity index (χ1n) is 8.81. The van der Waals surface area contributed by atoms with Crippen LogP contribution in [0, 0.1) is 0 Å². The molecule has 9 heteroatoms. The van der Waals surface area contributed by atoms with Crippen LogP contribution in [0.2, 0.25) is 5.15 Å². The van der Waals surface area contributed by atoms with Crippen LogP contribution in [-0.4, -0.2) is 45.5 Å². The smallest absolute Gasteiger partial charge is 0.234 e. The van der Waals surface area contributed by atoms with Crippen molar-refractivity contribution in [2.75, 3.05) is 25.2 Å². The van der Waals surface area contributed by atoms with Gasteiger partial charge in [0.15, 0.2) is 16.1 Å². The first kappa shape index (κ1) is 20.3. The van der Waals surface area contributed by atoms with Gasteiger partial charge in [-0.3, -0.25) is 9.36 Å². The molecule has 1 amide bonds. The number of aromatic nitrogens is 4. The summed E-state index contributed by atoms with van der Waals surface area (Å²) in [6.07, 6.45) is 1.57. The summed E-state index contributed by atoms with van der Waals surface area (Å²) in [6.45, 7) is 2.10. The van der Waals surface area contributed by atoms with E-state index in [1.165, 1.54) is 16.7 Å². The summed E-state index contributed by atoms with van der Waals surface area (Å²) in [6, 6.07) is 13.5. The van der Waals surface area contributed by atoms with E-state index in [4.69, 9.17) is 11.6 Å². The standard InChI is InChI=1S/C19H21ClN6OS/c1-13(25(2)3)18-23-24-19(26(18)14-8-5-4-6-9-14)28-12-16(27)22-15-10-7-11-21-17(15)20/h4-11,13H,12H2,1-3H3,(H,22,27)/p+1/t13-/m0/s1. The highest BCUT2D eigenvalue weighted by atomic mass is 35.5. The van der Waals surface area contributed by atoms with E-state index in [-0.39, 0.29) is 22.9 Å². The molecule has 3 rings (SSSR count). The number of carbonyl (C=O) groups excluding carboxylic acids is 1. The van der Waals surface area contributed by atoms with Gasteiger partial charge in [-0.1, -0.05) is 41.6 Å². The lowest BCUT2D eigenvalue weighted by molar-refractivity contribution is -0.890. The van der Waals surface area contributed by atoms with E-state index in [0.717, 1.165) is 11.5 Å². The minimum absolute atomic E-state index is 0.144. The van der Waals surface area contributed by atoms with Crippen molar-refractivity contribution in [3.8, 4) is 5.69 Å². The van der Waals surface area contributed by atoms with Crippen molar-refractivity contribution >= 4 is 35.0 Å². The Bertz CT molecular complexity index is 947. The third-order valence-electron chi connectivity index (χ3n) is 4.29. The van der Waals surface area contributed by atoms with Crippen molar-refractivity contribution in [2.45, 2.75) is 18.1 Å². The highest BCUT2D eigenvalue weighted by molar-refractivity contribution is 7.99. The van der Waals surface area contributed by atoms with Crippen molar-refractivity contribution in [1.82, 2.24) is 19.7 Å². The molecule has 0 aliphatic heterocycles. The summed E-state index contributed by atoms with van der Waals surface area (Å²) in [5, 5.41) is 12.4.